The number of hydrogen-bond acceptors (Lipinski definition) is 5. The molecule has 6 nitrogen and oxygen atoms in total. The number of hydrogen-bond donors (Lipinski definition) is 2. The van der Waals surface area contributed by atoms with E-state index in [2.05, 4.69) is 25.6 Å². The van der Waals surface area contributed by atoms with Gasteiger partial charge in [0.1, 0.15) is 12.2 Å². The van der Waals surface area contributed by atoms with Gasteiger partial charge in [-0.25, -0.2) is 9.97 Å². The quantitative estimate of drug-likeness (QED) is 0.424. The Morgan fingerprint density at radius 3 is 2.63 bits per heavy atom. The molecular formula is C17H22F3N5OS. The Balaban J connectivity index is 1.74. The molecule has 2 N–H and O–H groups in total. The van der Waals surface area contributed by atoms with E-state index in [0.29, 0.717) is 12.5 Å². The normalized spacial score (nSPS) is 12.1. The van der Waals surface area contributed by atoms with Gasteiger partial charge in [0.2, 0.25) is 5.88 Å². The van der Waals surface area contributed by atoms with Crippen molar-refractivity contribution in [3.8, 4) is 5.88 Å². The molecule has 2 rings (SSSR count). The van der Waals surface area contributed by atoms with Crippen LogP contribution in [0.5, 0.6) is 5.88 Å². The molecule has 0 aliphatic rings. The number of thiazole rings is 1. The van der Waals surface area contributed by atoms with Gasteiger partial charge in [-0.15, -0.1) is 11.3 Å². The molecule has 0 saturated carbocycles. The fraction of sp³-hybridized carbons (Fsp3) is 0.471. The molecule has 0 saturated heterocycles. The van der Waals surface area contributed by atoms with Gasteiger partial charge in [-0.2, -0.15) is 13.2 Å². The van der Waals surface area contributed by atoms with Crippen LogP contribution >= 0.6 is 11.3 Å². The maximum atomic E-state index is 12.9. The standard InChI is InChI=1S/C17H22F3N5OS/c1-11-12(2)27-14(25-11)6-8-23-16(21-3)24-9-10-26-15-13(17(18,19)20)5-4-7-22-15/h4-5,7H,6,8-10H2,1-3H3,(H2,21,23,24). The summed E-state index contributed by atoms with van der Waals surface area (Å²) in [6, 6.07) is 2.17. The molecule has 0 fully saturated rings. The van der Waals surface area contributed by atoms with Gasteiger partial charge < -0.3 is 15.4 Å². The minimum atomic E-state index is -4.50. The number of aliphatic imine (C=N–C) groups is 1. The lowest BCUT2D eigenvalue weighted by Crippen LogP contribution is -2.40. The molecule has 0 spiro atoms. The van der Waals surface area contributed by atoms with Gasteiger partial charge in [0.15, 0.2) is 5.96 Å². The Labute approximate surface area is 159 Å². The van der Waals surface area contributed by atoms with Crippen LogP contribution in [0.3, 0.4) is 0 Å². The molecule has 27 heavy (non-hydrogen) atoms. The monoisotopic (exact) mass is 401 g/mol. The smallest absolute Gasteiger partial charge is 0.421 e. The van der Waals surface area contributed by atoms with Crippen LogP contribution in [0.25, 0.3) is 0 Å². The molecule has 0 bridgehead atoms. The van der Waals surface area contributed by atoms with Gasteiger partial charge in [-0.3, -0.25) is 4.99 Å². The van der Waals surface area contributed by atoms with E-state index in [9.17, 15) is 13.2 Å². The average Bonchev–Trinajstić information content (AvgIpc) is 2.94. The van der Waals surface area contributed by atoms with Crippen LogP contribution in [0.15, 0.2) is 23.3 Å². The van der Waals surface area contributed by atoms with E-state index in [-0.39, 0.29) is 13.2 Å². The molecule has 0 radical (unpaired) electrons. The maximum Gasteiger partial charge on any atom is 0.421 e. The summed E-state index contributed by atoms with van der Waals surface area (Å²) < 4.78 is 43.8. The lowest BCUT2D eigenvalue weighted by atomic mass is 10.2. The minimum absolute atomic E-state index is 0.0195. The van der Waals surface area contributed by atoms with Crippen molar-refractivity contribution in [2.75, 3.05) is 26.7 Å². The van der Waals surface area contributed by atoms with Crippen LogP contribution in [0.4, 0.5) is 13.2 Å². The number of guanidine groups is 1. The average molecular weight is 401 g/mol. The van der Waals surface area contributed by atoms with Crippen molar-refractivity contribution in [2.45, 2.75) is 26.4 Å². The van der Waals surface area contributed by atoms with Crippen molar-refractivity contribution in [2.24, 2.45) is 4.99 Å². The van der Waals surface area contributed by atoms with E-state index in [1.165, 1.54) is 17.1 Å². The first kappa shape index (κ1) is 20.9. The van der Waals surface area contributed by atoms with Gasteiger partial charge >= 0.3 is 6.18 Å². The second-order valence-electron chi connectivity index (χ2n) is 5.63. The fourth-order valence-electron chi connectivity index (χ4n) is 2.19. The van der Waals surface area contributed by atoms with Crippen LogP contribution < -0.4 is 15.4 Å². The van der Waals surface area contributed by atoms with Crippen LogP contribution in [-0.2, 0) is 12.6 Å². The van der Waals surface area contributed by atoms with Crippen LogP contribution in [-0.4, -0.2) is 42.7 Å². The summed E-state index contributed by atoms with van der Waals surface area (Å²) in [7, 11) is 1.62. The first-order valence-corrected chi connectivity index (χ1v) is 9.15. The van der Waals surface area contributed by atoms with Gasteiger partial charge in [0.25, 0.3) is 0 Å². The number of pyridine rings is 1. The molecule has 10 heteroatoms. The fourth-order valence-corrected chi connectivity index (χ4v) is 3.13. The summed E-state index contributed by atoms with van der Waals surface area (Å²) in [6.07, 6.45) is -2.47. The third-order valence-electron chi connectivity index (χ3n) is 3.64. The van der Waals surface area contributed by atoms with Gasteiger partial charge in [-0.1, -0.05) is 0 Å². The molecule has 0 amide bonds. The zero-order valence-electron chi connectivity index (χ0n) is 15.4. The minimum Gasteiger partial charge on any atom is -0.475 e. The summed E-state index contributed by atoms with van der Waals surface area (Å²) in [5, 5.41) is 7.17. The lowest BCUT2D eigenvalue weighted by molar-refractivity contribution is -0.139. The molecular weight excluding hydrogens is 379 g/mol. The number of ether oxygens (including phenoxy) is 1. The van der Waals surface area contributed by atoms with E-state index < -0.39 is 17.6 Å². The number of alkyl halides is 3. The predicted octanol–water partition coefficient (Wildman–Crippen LogP) is 2.96. The Morgan fingerprint density at radius 2 is 2.00 bits per heavy atom. The second-order valence-corrected chi connectivity index (χ2v) is 6.92. The summed E-state index contributed by atoms with van der Waals surface area (Å²) in [4.78, 5) is 13.4. The molecule has 2 heterocycles. The Morgan fingerprint density at radius 1 is 1.26 bits per heavy atom. The van der Waals surface area contributed by atoms with Crippen molar-refractivity contribution in [3.63, 3.8) is 0 Å². The van der Waals surface area contributed by atoms with Crippen molar-refractivity contribution in [1.82, 2.24) is 20.6 Å². The maximum absolute atomic E-state index is 12.9. The Hall–Kier alpha value is -2.36. The van der Waals surface area contributed by atoms with Gasteiger partial charge in [-0.05, 0) is 26.0 Å². The highest BCUT2D eigenvalue weighted by atomic mass is 32.1. The number of nitrogens with zero attached hydrogens (tertiary/aromatic N) is 3. The third-order valence-corrected chi connectivity index (χ3v) is 4.77. The summed E-state index contributed by atoms with van der Waals surface area (Å²) in [6.45, 7) is 4.96. The number of aryl methyl sites for hydroxylation is 2. The highest BCUT2D eigenvalue weighted by Crippen LogP contribution is 2.34. The highest BCUT2D eigenvalue weighted by Gasteiger charge is 2.34. The number of aromatic nitrogens is 2. The zero-order chi connectivity index (χ0) is 19.9. The summed E-state index contributed by atoms with van der Waals surface area (Å²) in [5.41, 5.74) is 0.156. The van der Waals surface area contributed by atoms with Crippen LogP contribution in [0.1, 0.15) is 21.1 Å². The van der Waals surface area contributed by atoms with Crippen molar-refractivity contribution in [1.29, 1.82) is 0 Å². The largest absolute Gasteiger partial charge is 0.475 e. The molecule has 2 aromatic heterocycles. The molecule has 0 atom stereocenters. The molecule has 148 valence electrons. The molecule has 0 unspecified atom stereocenters. The molecule has 2 aromatic rings. The summed E-state index contributed by atoms with van der Waals surface area (Å²) >= 11 is 1.67. The van der Waals surface area contributed by atoms with Crippen molar-refractivity contribution < 1.29 is 17.9 Å². The van der Waals surface area contributed by atoms with Crippen molar-refractivity contribution >= 4 is 17.3 Å². The topological polar surface area (TPSA) is 71.4 Å². The van der Waals surface area contributed by atoms with E-state index in [1.807, 2.05) is 13.8 Å². The van der Waals surface area contributed by atoms with Gasteiger partial charge in [0.05, 0.1) is 17.2 Å². The highest BCUT2D eigenvalue weighted by molar-refractivity contribution is 7.11. The Bertz CT molecular complexity index is 757. The second kappa shape index (κ2) is 9.54. The zero-order valence-corrected chi connectivity index (χ0v) is 16.2. The van der Waals surface area contributed by atoms with E-state index in [4.69, 9.17) is 4.74 Å². The number of rotatable bonds is 7. The predicted molar refractivity (Wildman–Crippen MR) is 99.4 cm³/mol. The first-order chi connectivity index (χ1) is 12.8. The summed E-state index contributed by atoms with van der Waals surface area (Å²) in [5.74, 6) is 0.116. The van der Waals surface area contributed by atoms with Crippen LogP contribution in [0, 0.1) is 13.8 Å². The molecule has 0 aromatic carbocycles. The van der Waals surface area contributed by atoms with Gasteiger partial charge in [0, 0.05) is 31.1 Å². The first-order valence-electron chi connectivity index (χ1n) is 8.33. The lowest BCUT2D eigenvalue weighted by Gasteiger charge is -2.14. The third kappa shape index (κ3) is 6.38. The SMILES string of the molecule is CN=C(NCCOc1ncccc1C(F)(F)F)NCCc1nc(C)c(C)s1. The number of halogens is 3. The Kier molecular flexibility index (Phi) is 7.40. The number of nitrogens with one attached hydrogen (secondary N) is 2. The van der Waals surface area contributed by atoms with E-state index >= 15 is 0 Å². The molecule has 0 aliphatic heterocycles. The van der Waals surface area contributed by atoms with Crippen molar-refractivity contribution in [3.05, 3.63) is 39.5 Å². The van der Waals surface area contributed by atoms with E-state index in [0.717, 1.165) is 23.2 Å². The van der Waals surface area contributed by atoms with Crippen LogP contribution in [0.2, 0.25) is 0 Å². The van der Waals surface area contributed by atoms with E-state index in [1.54, 1.807) is 18.4 Å². The molecule has 0 aliphatic carbocycles.